The Labute approximate surface area is 103 Å². The smallest absolute Gasteiger partial charge is 0.306 e. The van der Waals surface area contributed by atoms with Gasteiger partial charge in [-0.1, -0.05) is 6.92 Å². The first-order valence-corrected chi connectivity index (χ1v) is 7.31. The second-order valence-corrected chi connectivity index (χ2v) is 5.45. The van der Waals surface area contributed by atoms with Gasteiger partial charge in [0.25, 0.3) is 0 Å². The molecule has 3 nitrogen and oxygen atoms in total. The summed E-state index contributed by atoms with van der Waals surface area (Å²) in [6, 6.07) is 0.655. The van der Waals surface area contributed by atoms with Gasteiger partial charge in [-0.05, 0) is 31.7 Å². The molecule has 1 aliphatic rings. The zero-order valence-electron chi connectivity index (χ0n) is 10.3. The van der Waals surface area contributed by atoms with Crippen molar-refractivity contribution in [1.29, 1.82) is 0 Å². The van der Waals surface area contributed by atoms with E-state index in [1.807, 2.05) is 11.8 Å². The average Bonchev–Trinajstić information content (AvgIpc) is 3.11. The van der Waals surface area contributed by atoms with E-state index in [0.717, 1.165) is 24.0 Å². The Morgan fingerprint density at radius 1 is 1.56 bits per heavy atom. The van der Waals surface area contributed by atoms with Crippen molar-refractivity contribution in [3.05, 3.63) is 0 Å². The molecule has 0 aliphatic heterocycles. The molecule has 0 amide bonds. The second kappa shape index (κ2) is 7.96. The summed E-state index contributed by atoms with van der Waals surface area (Å²) in [5.74, 6) is 2.79. The highest BCUT2D eigenvalue weighted by molar-refractivity contribution is 7.99. The van der Waals surface area contributed by atoms with Crippen molar-refractivity contribution < 1.29 is 9.53 Å². The lowest BCUT2D eigenvalue weighted by Gasteiger charge is -2.17. The predicted molar refractivity (Wildman–Crippen MR) is 68.8 cm³/mol. The molecule has 0 radical (unpaired) electrons. The van der Waals surface area contributed by atoms with Gasteiger partial charge in [-0.2, -0.15) is 11.8 Å². The minimum Gasteiger partial charge on any atom is -0.469 e. The van der Waals surface area contributed by atoms with Crippen LogP contribution in [0.5, 0.6) is 0 Å². The maximum absolute atomic E-state index is 10.9. The van der Waals surface area contributed by atoms with E-state index in [1.54, 1.807) is 0 Å². The van der Waals surface area contributed by atoms with Crippen LogP contribution in [0.2, 0.25) is 0 Å². The minimum absolute atomic E-state index is 0.100. The molecule has 1 N–H and O–H groups in total. The van der Waals surface area contributed by atoms with Crippen molar-refractivity contribution in [3.8, 4) is 0 Å². The molecule has 0 spiro atoms. The molecule has 94 valence electrons. The maximum Gasteiger partial charge on any atom is 0.306 e. The van der Waals surface area contributed by atoms with Gasteiger partial charge in [-0.3, -0.25) is 4.79 Å². The number of hydrogen-bond donors (Lipinski definition) is 1. The molecule has 16 heavy (non-hydrogen) atoms. The van der Waals surface area contributed by atoms with Crippen molar-refractivity contribution in [2.75, 3.05) is 25.2 Å². The van der Waals surface area contributed by atoms with E-state index in [9.17, 15) is 4.79 Å². The maximum atomic E-state index is 10.9. The summed E-state index contributed by atoms with van der Waals surface area (Å²) in [4.78, 5) is 10.9. The zero-order valence-corrected chi connectivity index (χ0v) is 11.1. The van der Waals surface area contributed by atoms with E-state index in [2.05, 4.69) is 17.0 Å². The number of carbonyl (C=O) groups is 1. The van der Waals surface area contributed by atoms with Gasteiger partial charge in [0.15, 0.2) is 0 Å². The molecule has 0 heterocycles. The molecule has 0 saturated heterocycles. The van der Waals surface area contributed by atoms with Crippen LogP contribution in [-0.4, -0.2) is 37.2 Å². The van der Waals surface area contributed by atoms with Crippen molar-refractivity contribution in [3.63, 3.8) is 0 Å². The molecule has 1 aliphatic carbocycles. The molecule has 1 unspecified atom stereocenters. The van der Waals surface area contributed by atoms with Crippen LogP contribution in [0, 0.1) is 5.92 Å². The third-order valence-electron chi connectivity index (χ3n) is 2.82. The van der Waals surface area contributed by atoms with Gasteiger partial charge in [0.2, 0.25) is 0 Å². The third kappa shape index (κ3) is 5.75. The first-order chi connectivity index (χ1) is 7.77. The summed E-state index contributed by atoms with van der Waals surface area (Å²) in [5, 5.41) is 3.60. The van der Waals surface area contributed by atoms with E-state index in [4.69, 9.17) is 0 Å². The third-order valence-corrected chi connectivity index (χ3v) is 3.91. The fourth-order valence-corrected chi connectivity index (χ4v) is 2.78. The summed E-state index contributed by atoms with van der Waals surface area (Å²) in [6.07, 6.45) is 4.47. The van der Waals surface area contributed by atoms with Gasteiger partial charge in [-0.15, -0.1) is 0 Å². The summed E-state index contributed by atoms with van der Waals surface area (Å²) >= 11 is 1.86. The monoisotopic (exact) mass is 245 g/mol. The number of nitrogens with one attached hydrogen (secondary N) is 1. The van der Waals surface area contributed by atoms with E-state index in [-0.39, 0.29) is 5.97 Å². The van der Waals surface area contributed by atoms with Crippen LogP contribution >= 0.6 is 11.8 Å². The number of hydrogen-bond acceptors (Lipinski definition) is 4. The number of ether oxygens (including phenoxy) is 1. The highest BCUT2D eigenvalue weighted by atomic mass is 32.2. The SMILES string of the molecule is CCCNC(CSCCC(=O)OC)C1CC1. The molecule has 0 aromatic heterocycles. The van der Waals surface area contributed by atoms with E-state index < -0.39 is 0 Å². The van der Waals surface area contributed by atoms with Gasteiger partial charge < -0.3 is 10.1 Å². The summed E-state index contributed by atoms with van der Waals surface area (Å²) in [6.45, 7) is 3.31. The second-order valence-electron chi connectivity index (χ2n) is 4.30. The van der Waals surface area contributed by atoms with Gasteiger partial charge in [-0.25, -0.2) is 0 Å². The Balaban J connectivity index is 2.05. The lowest BCUT2D eigenvalue weighted by Crippen LogP contribution is -2.34. The summed E-state index contributed by atoms with van der Waals surface area (Å²) in [7, 11) is 1.45. The molecule has 0 aromatic carbocycles. The standard InChI is InChI=1S/C12H23NO2S/c1-3-7-13-11(10-4-5-10)9-16-8-6-12(14)15-2/h10-11,13H,3-9H2,1-2H3. The number of thioether (sulfide) groups is 1. The molecule has 0 aromatic rings. The Bertz CT molecular complexity index is 207. The first kappa shape index (κ1) is 13.8. The van der Waals surface area contributed by atoms with Gasteiger partial charge in [0, 0.05) is 17.5 Å². The average molecular weight is 245 g/mol. The predicted octanol–water partition coefficient (Wildman–Crippen LogP) is 2.06. The Kier molecular flexibility index (Phi) is 6.88. The molecule has 1 rings (SSSR count). The van der Waals surface area contributed by atoms with Crippen LogP contribution in [-0.2, 0) is 9.53 Å². The van der Waals surface area contributed by atoms with Crippen molar-refractivity contribution in [1.82, 2.24) is 5.32 Å². The highest BCUT2D eigenvalue weighted by Gasteiger charge is 2.30. The Morgan fingerprint density at radius 3 is 2.88 bits per heavy atom. The quantitative estimate of drug-likeness (QED) is 0.498. The Morgan fingerprint density at radius 2 is 2.31 bits per heavy atom. The molecule has 1 fully saturated rings. The molecular weight excluding hydrogens is 222 g/mol. The van der Waals surface area contributed by atoms with Crippen molar-refractivity contribution in [2.24, 2.45) is 5.92 Å². The van der Waals surface area contributed by atoms with Crippen molar-refractivity contribution in [2.45, 2.75) is 38.6 Å². The zero-order chi connectivity index (χ0) is 11.8. The topological polar surface area (TPSA) is 38.3 Å². The number of esters is 1. The summed E-state index contributed by atoms with van der Waals surface area (Å²) < 4.78 is 4.61. The van der Waals surface area contributed by atoms with E-state index in [0.29, 0.717) is 12.5 Å². The molecule has 1 saturated carbocycles. The van der Waals surface area contributed by atoms with Crippen LogP contribution in [0.25, 0.3) is 0 Å². The normalized spacial score (nSPS) is 17.1. The minimum atomic E-state index is -0.100. The van der Waals surface area contributed by atoms with Crippen LogP contribution in [0.3, 0.4) is 0 Å². The van der Waals surface area contributed by atoms with E-state index >= 15 is 0 Å². The molecular formula is C12H23NO2S. The number of carbonyl (C=O) groups excluding carboxylic acids is 1. The molecule has 0 bridgehead atoms. The first-order valence-electron chi connectivity index (χ1n) is 6.15. The highest BCUT2D eigenvalue weighted by Crippen LogP contribution is 2.34. The molecule has 1 atom stereocenters. The largest absolute Gasteiger partial charge is 0.469 e. The van der Waals surface area contributed by atoms with Crippen LogP contribution < -0.4 is 5.32 Å². The lowest BCUT2D eigenvalue weighted by atomic mass is 10.2. The summed E-state index contributed by atoms with van der Waals surface area (Å²) in [5.41, 5.74) is 0. The fourth-order valence-electron chi connectivity index (χ4n) is 1.66. The van der Waals surface area contributed by atoms with Crippen LogP contribution in [0.1, 0.15) is 32.6 Å². The number of rotatable bonds is 9. The van der Waals surface area contributed by atoms with Gasteiger partial charge >= 0.3 is 5.97 Å². The van der Waals surface area contributed by atoms with E-state index in [1.165, 1.54) is 26.4 Å². The Hall–Kier alpha value is -0.220. The van der Waals surface area contributed by atoms with Crippen LogP contribution in [0.15, 0.2) is 0 Å². The van der Waals surface area contributed by atoms with Crippen molar-refractivity contribution >= 4 is 17.7 Å². The van der Waals surface area contributed by atoms with Gasteiger partial charge in [0.05, 0.1) is 13.5 Å². The lowest BCUT2D eigenvalue weighted by molar-refractivity contribution is -0.140. The van der Waals surface area contributed by atoms with Gasteiger partial charge in [0.1, 0.15) is 0 Å². The van der Waals surface area contributed by atoms with Crippen LogP contribution in [0.4, 0.5) is 0 Å². The molecule has 4 heteroatoms. The number of methoxy groups -OCH3 is 1. The fraction of sp³-hybridized carbons (Fsp3) is 0.917.